The van der Waals surface area contributed by atoms with Crippen LogP contribution in [0.25, 0.3) is 0 Å². The summed E-state index contributed by atoms with van der Waals surface area (Å²) in [6.45, 7) is 9.23. The molecule has 2 aliphatic heterocycles. The SMILES string of the molecule is COc1ccc(CN2CC3CNCC3C2(C)C)cc1OC. The molecule has 0 saturated carbocycles. The first-order valence-corrected chi connectivity index (χ1v) is 7.73. The molecule has 1 aromatic rings. The minimum atomic E-state index is 0.251. The van der Waals surface area contributed by atoms with Gasteiger partial charge in [-0.1, -0.05) is 6.07 Å². The second-order valence-electron chi connectivity index (χ2n) is 6.75. The summed E-state index contributed by atoms with van der Waals surface area (Å²) < 4.78 is 10.7. The number of nitrogens with zero attached hydrogens (tertiary/aromatic N) is 1. The fraction of sp³-hybridized carbons (Fsp3) is 0.647. The van der Waals surface area contributed by atoms with Crippen molar-refractivity contribution in [2.45, 2.75) is 25.9 Å². The van der Waals surface area contributed by atoms with E-state index >= 15 is 0 Å². The number of ether oxygens (including phenoxy) is 2. The molecule has 2 aliphatic rings. The van der Waals surface area contributed by atoms with E-state index in [0.29, 0.717) is 0 Å². The maximum absolute atomic E-state index is 5.41. The molecular weight excluding hydrogens is 264 g/mol. The lowest BCUT2D eigenvalue weighted by Gasteiger charge is -2.35. The lowest BCUT2D eigenvalue weighted by molar-refractivity contribution is 0.132. The van der Waals surface area contributed by atoms with Crippen LogP contribution in [0.5, 0.6) is 11.5 Å². The number of benzene rings is 1. The Morgan fingerprint density at radius 3 is 2.62 bits per heavy atom. The molecule has 2 heterocycles. The summed E-state index contributed by atoms with van der Waals surface area (Å²) in [5.41, 5.74) is 1.54. The highest BCUT2D eigenvalue weighted by molar-refractivity contribution is 5.43. The van der Waals surface area contributed by atoms with Crippen LogP contribution in [0.1, 0.15) is 19.4 Å². The number of likely N-dealkylation sites (tertiary alicyclic amines) is 1. The van der Waals surface area contributed by atoms with E-state index in [9.17, 15) is 0 Å². The first-order valence-electron chi connectivity index (χ1n) is 7.73. The molecule has 0 spiro atoms. The molecule has 2 saturated heterocycles. The first kappa shape index (κ1) is 14.7. The van der Waals surface area contributed by atoms with Crippen LogP contribution in [0.3, 0.4) is 0 Å². The summed E-state index contributed by atoms with van der Waals surface area (Å²) in [6, 6.07) is 6.24. The second kappa shape index (κ2) is 5.50. The topological polar surface area (TPSA) is 33.7 Å². The van der Waals surface area contributed by atoms with E-state index in [1.807, 2.05) is 6.07 Å². The Bertz CT molecular complexity index is 516. The van der Waals surface area contributed by atoms with Gasteiger partial charge in [0.1, 0.15) is 0 Å². The molecule has 21 heavy (non-hydrogen) atoms. The van der Waals surface area contributed by atoms with Crippen LogP contribution in [0, 0.1) is 11.8 Å². The van der Waals surface area contributed by atoms with Gasteiger partial charge < -0.3 is 14.8 Å². The van der Waals surface area contributed by atoms with Crippen molar-refractivity contribution in [3.05, 3.63) is 23.8 Å². The zero-order chi connectivity index (χ0) is 15.0. The molecule has 0 aliphatic carbocycles. The summed E-state index contributed by atoms with van der Waals surface area (Å²) in [5, 5.41) is 3.53. The monoisotopic (exact) mass is 290 g/mol. The lowest BCUT2D eigenvalue weighted by atomic mass is 9.85. The first-order chi connectivity index (χ1) is 10.1. The van der Waals surface area contributed by atoms with Gasteiger partial charge in [-0.15, -0.1) is 0 Å². The molecule has 0 radical (unpaired) electrons. The van der Waals surface area contributed by atoms with E-state index in [4.69, 9.17) is 9.47 Å². The number of rotatable bonds is 4. The summed E-state index contributed by atoms with van der Waals surface area (Å²) in [7, 11) is 3.37. The van der Waals surface area contributed by atoms with Crippen LogP contribution in [0.15, 0.2) is 18.2 Å². The van der Waals surface area contributed by atoms with E-state index in [1.165, 1.54) is 12.1 Å². The third-order valence-electron chi connectivity index (χ3n) is 5.34. The average Bonchev–Trinajstić information content (AvgIpc) is 3.02. The quantitative estimate of drug-likeness (QED) is 0.921. The lowest BCUT2D eigenvalue weighted by Crippen LogP contribution is -2.43. The van der Waals surface area contributed by atoms with E-state index < -0.39 is 0 Å². The molecule has 0 amide bonds. The predicted molar refractivity (Wildman–Crippen MR) is 83.9 cm³/mol. The molecule has 4 nitrogen and oxygen atoms in total. The molecule has 1 N–H and O–H groups in total. The Morgan fingerprint density at radius 2 is 1.95 bits per heavy atom. The van der Waals surface area contributed by atoms with E-state index in [0.717, 1.165) is 43.0 Å². The molecule has 2 unspecified atom stereocenters. The number of fused-ring (bicyclic) bond motifs is 1. The third-order valence-corrected chi connectivity index (χ3v) is 5.34. The van der Waals surface area contributed by atoms with Crippen molar-refractivity contribution in [1.29, 1.82) is 0 Å². The fourth-order valence-electron chi connectivity index (χ4n) is 3.97. The summed E-state index contributed by atoms with van der Waals surface area (Å²) in [4.78, 5) is 2.62. The number of methoxy groups -OCH3 is 2. The van der Waals surface area contributed by atoms with Gasteiger partial charge in [-0.2, -0.15) is 0 Å². The summed E-state index contributed by atoms with van der Waals surface area (Å²) >= 11 is 0. The smallest absolute Gasteiger partial charge is 0.161 e. The maximum atomic E-state index is 5.41. The molecule has 0 aromatic heterocycles. The standard InChI is InChI=1S/C17H26N2O2/c1-17(2)14-9-18-8-13(14)11-19(17)10-12-5-6-15(20-3)16(7-12)21-4/h5-7,13-14,18H,8-11H2,1-4H3. The number of hydrogen-bond donors (Lipinski definition) is 1. The highest BCUT2D eigenvalue weighted by Crippen LogP contribution is 2.41. The Kier molecular flexibility index (Phi) is 3.84. The zero-order valence-corrected chi connectivity index (χ0v) is 13.5. The van der Waals surface area contributed by atoms with E-state index in [2.05, 4.69) is 36.2 Å². The molecule has 3 rings (SSSR count). The highest BCUT2D eigenvalue weighted by Gasteiger charge is 2.49. The van der Waals surface area contributed by atoms with Crippen molar-refractivity contribution in [2.75, 3.05) is 33.9 Å². The van der Waals surface area contributed by atoms with Crippen molar-refractivity contribution in [3.8, 4) is 11.5 Å². The van der Waals surface area contributed by atoms with Gasteiger partial charge in [-0.25, -0.2) is 0 Å². The van der Waals surface area contributed by atoms with Gasteiger partial charge in [0.15, 0.2) is 11.5 Å². The predicted octanol–water partition coefficient (Wildman–Crippen LogP) is 2.13. The van der Waals surface area contributed by atoms with Crippen molar-refractivity contribution in [3.63, 3.8) is 0 Å². The van der Waals surface area contributed by atoms with Gasteiger partial charge >= 0.3 is 0 Å². The van der Waals surface area contributed by atoms with Crippen LogP contribution in [0.2, 0.25) is 0 Å². The van der Waals surface area contributed by atoms with Gasteiger partial charge in [-0.3, -0.25) is 4.90 Å². The molecule has 116 valence electrons. The van der Waals surface area contributed by atoms with Crippen molar-refractivity contribution >= 4 is 0 Å². The third kappa shape index (κ3) is 2.51. The van der Waals surface area contributed by atoms with Gasteiger partial charge in [0.25, 0.3) is 0 Å². The molecule has 2 atom stereocenters. The Labute approximate surface area is 127 Å². The Balaban J connectivity index is 1.78. The minimum absolute atomic E-state index is 0.251. The molecule has 2 fully saturated rings. The van der Waals surface area contributed by atoms with E-state index in [1.54, 1.807) is 14.2 Å². The molecular formula is C17H26N2O2. The van der Waals surface area contributed by atoms with Gasteiger partial charge in [0, 0.05) is 25.2 Å². The molecule has 1 aromatic carbocycles. The largest absolute Gasteiger partial charge is 0.493 e. The summed E-state index contributed by atoms with van der Waals surface area (Å²) in [5.74, 6) is 3.16. The number of hydrogen-bond acceptors (Lipinski definition) is 4. The number of nitrogens with one attached hydrogen (secondary N) is 1. The zero-order valence-electron chi connectivity index (χ0n) is 13.5. The minimum Gasteiger partial charge on any atom is -0.493 e. The van der Waals surface area contributed by atoms with Crippen molar-refractivity contribution in [1.82, 2.24) is 10.2 Å². The van der Waals surface area contributed by atoms with Gasteiger partial charge in [0.2, 0.25) is 0 Å². The highest BCUT2D eigenvalue weighted by atomic mass is 16.5. The average molecular weight is 290 g/mol. The Hall–Kier alpha value is -1.26. The molecule has 0 bridgehead atoms. The van der Waals surface area contributed by atoms with Gasteiger partial charge in [0.05, 0.1) is 14.2 Å². The normalized spacial score (nSPS) is 27.6. The molecule has 4 heteroatoms. The van der Waals surface area contributed by atoms with Crippen LogP contribution >= 0.6 is 0 Å². The Morgan fingerprint density at radius 1 is 1.19 bits per heavy atom. The van der Waals surface area contributed by atoms with Crippen LogP contribution in [-0.4, -0.2) is 44.3 Å². The van der Waals surface area contributed by atoms with Crippen LogP contribution in [0.4, 0.5) is 0 Å². The maximum Gasteiger partial charge on any atom is 0.161 e. The van der Waals surface area contributed by atoms with Crippen molar-refractivity contribution < 1.29 is 9.47 Å². The van der Waals surface area contributed by atoms with Crippen LogP contribution < -0.4 is 14.8 Å². The second-order valence-corrected chi connectivity index (χ2v) is 6.75. The summed E-state index contributed by atoms with van der Waals surface area (Å²) in [6.07, 6.45) is 0. The van der Waals surface area contributed by atoms with Crippen LogP contribution in [-0.2, 0) is 6.54 Å². The van der Waals surface area contributed by atoms with Crippen molar-refractivity contribution in [2.24, 2.45) is 11.8 Å². The van der Waals surface area contributed by atoms with Gasteiger partial charge in [-0.05, 0) is 49.9 Å². The van der Waals surface area contributed by atoms with E-state index in [-0.39, 0.29) is 5.54 Å². The fourth-order valence-corrected chi connectivity index (χ4v) is 3.97.